The van der Waals surface area contributed by atoms with E-state index in [9.17, 15) is 4.79 Å². The van der Waals surface area contributed by atoms with Crippen LogP contribution in [-0.4, -0.2) is 19.2 Å². The van der Waals surface area contributed by atoms with Gasteiger partial charge in [-0.1, -0.05) is 17.7 Å². The molecule has 1 heterocycles. The summed E-state index contributed by atoms with van der Waals surface area (Å²) in [4.78, 5) is 11.5. The molecule has 0 fully saturated rings. The predicted octanol–water partition coefficient (Wildman–Crippen LogP) is 2.91. The predicted molar refractivity (Wildman–Crippen MR) is 65.1 cm³/mol. The van der Waals surface area contributed by atoms with Gasteiger partial charge in [-0.25, -0.2) is 0 Å². The number of esters is 1. The van der Waals surface area contributed by atoms with E-state index in [0.717, 1.165) is 12.0 Å². The molecule has 0 amide bonds. The van der Waals surface area contributed by atoms with Crippen LogP contribution >= 0.6 is 11.6 Å². The molecule has 1 aromatic rings. The van der Waals surface area contributed by atoms with E-state index >= 15 is 0 Å². The van der Waals surface area contributed by atoms with Crippen LogP contribution in [0.4, 0.5) is 0 Å². The molecule has 0 N–H and O–H groups in total. The summed E-state index contributed by atoms with van der Waals surface area (Å²) in [6.45, 7) is 2.83. The molecule has 17 heavy (non-hydrogen) atoms. The first-order chi connectivity index (χ1) is 8.20. The lowest BCUT2D eigenvalue weighted by Gasteiger charge is -2.25. The molecule has 92 valence electrons. The molecular weight excluding hydrogens is 240 g/mol. The zero-order chi connectivity index (χ0) is 12.3. The van der Waals surface area contributed by atoms with E-state index in [1.54, 1.807) is 6.92 Å². The van der Waals surface area contributed by atoms with Crippen molar-refractivity contribution in [2.24, 2.45) is 0 Å². The molecular formula is C13H15ClO3. The van der Waals surface area contributed by atoms with E-state index in [-0.39, 0.29) is 18.5 Å². The number of carbonyl (C=O) groups excluding carboxylic acids is 1. The number of halogens is 1. The topological polar surface area (TPSA) is 35.5 Å². The highest BCUT2D eigenvalue weighted by molar-refractivity contribution is 6.30. The van der Waals surface area contributed by atoms with Gasteiger partial charge in [0, 0.05) is 5.02 Å². The monoisotopic (exact) mass is 254 g/mol. The molecule has 0 aliphatic carbocycles. The molecule has 1 aromatic carbocycles. The number of benzene rings is 1. The number of ether oxygens (including phenoxy) is 2. The van der Waals surface area contributed by atoms with Crippen LogP contribution in [0.5, 0.6) is 0 Å². The SMILES string of the molecule is CCOC(=O)CC1OCCc2ccc(Cl)cc21. The van der Waals surface area contributed by atoms with Crippen molar-refractivity contribution in [1.82, 2.24) is 0 Å². The van der Waals surface area contributed by atoms with Gasteiger partial charge in [-0.15, -0.1) is 0 Å². The molecule has 0 aromatic heterocycles. The lowest BCUT2D eigenvalue weighted by Crippen LogP contribution is -2.20. The quantitative estimate of drug-likeness (QED) is 0.778. The van der Waals surface area contributed by atoms with Crippen LogP contribution in [0.25, 0.3) is 0 Å². The molecule has 2 rings (SSSR count). The van der Waals surface area contributed by atoms with Crippen molar-refractivity contribution in [2.45, 2.75) is 25.9 Å². The van der Waals surface area contributed by atoms with Gasteiger partial charge < -0.3 is 9.47 Å². The Morgan fingerprint density at radius 3 is 3.18 bits per heavy atom. The van der Waals surface area contributed by atoms with Crippen molar-refractivity contribution in [3.8, 4) is 0 Å². The highest BCUT2D eigenvalue weighted by Gasteiger charge is 2.24. The Kier molecular flexibility index (Phi) is 4.02. The average molecular weight is 255 g/mol. The van der Waals surface area contributed by atoms with Crippen LogP contribution in [0.15, 0.2) is 18.2 Å². The first-order valence-corrected chi connectivity index (χ1v) is 6.14. The Morgan fingerprint density at radius 2 is 2.41 bits per heavy atom. The summed E-state index contributed by atoms with van der Waals surface area (Å²) in [5, 5.41) is 0.670. The summed E-state index contributed by atoms with van der Waals surface area (Å²) >= 11 is 5.97. The maximum absolute atomic E-state index is 11.5. The van der Waals surface area contributed by atoms with E-state index in [1.807, 2.05) is 18.2 Å². The largest absolute Gasteiger partial charge is 0.466 e. The van der Waals surface area contributed by atoms with Crippen LogP contribution in [0.1, 0.15) is 30.6 Å². The molecule has 4 heteroatoms. The third kappa shape index (κ3) is 2.99. The highest BCUT2D eigenvalue weighted by atomic mass is 35.5. The first-order valence-electron chi connectivity index (χ1n) is 5.76. The van der Waals surface area contributed by atoms with Crippen molar-refractivity contribution in [2.75, 3.05) is 13.2 Å². The fourth-order valence-corrected chi connectivity index (χ4v) is 2.21. The van der Waals surface area contributed by atoms with Gasteiger partial charge in [0.2, 0.25) is 0 Å². The summed E-state index contributed by atoms with van der Waals surface area (Å²) in [6, 6.07) is 5.74. The average Bonchev–Trinajstić information content (AvgIpc) is 2.30. The van der Waals surface area contributed by atoms with Gasteiger partial charge in [-0.3, -0.25) is 4.79 Å². The number of hydrogen-bond acceptors (Lipinski definition) is 3. The van der Waals surface area contributed by atoms with Crippen molar-refractivity contribution in [1.29, 1.82) is 0 Å². The molecule has 1 aliphatic rings. The second-order valence-corrected chi connectivity index (χ2v) is 4.40. The molecule has 1 unspecified atom stereocenters. The molecule has 0 radical (unpaired) electrons. The standard InChI is InChI=1S/C13H15ClO3/c1-2-16-13(15)8-12-11-7-10(14)4-3-9(11)5-6-17-12/h3-4,7,12H,2,5-6,8H2,1H3. The summed E-state index contributed by atoms with van der Waals surface area (Å²) in [5.41, 5.74) is 2.21. The molecule has 0 spiro atoms. The molecule has 0 saturated carbocycles. The minimum Gasteiger partial charge on any atom is -0.466 e. The second kappa shape index (κ2) is 5.52. The summed E-state index contributed by atoms with van der Waals surface area (Å²) in [6.07, 6.45) is 0.893. The third-order valence-electron chi connectivity index (χ3n) is 2.80. The lowest BCUT2D eigenvalue weighted by atomic mass is 9.96. The zero-order valence-corrected chi connectivity index (χ0v) is 10.5. The van der Waals surface area contributed by atoms with Crippen LogP contribution in [0, 0.1) is 0 Å². The Labute approximate surface area is 106 Å². The van der Waals surface area contributed by atoms with E-state index in [0.29, 0.717) is 18.2 Å². The summed E-state index contributed by atoms with van der Waals surface area (Å²) in [7, 11) is 0. The number of rotatable bonds is 3. The summed E-state index contributed by atoms with van der Waals surface area (Å²) in [5.74, 6) is -0.231. The van der Waals surface area contributed by atoms with Crippen molar-refractivity contribution in [3.05, 3.63) is 34.3 Å². The molecule has 0 bridgehead atoms. The Hall–Kier alpha value is -1.06. The van der Waals surface area contributed by atoms with Crippen LogP contribution < -0.4 is 0 Å². The number of hydrogen-bond donors (Lipinski definition) is 0. The maximum atomic E-state index is 11.5. The molecule has 3 nitrogen and oxygen atoms in total. The van der Waals surface area contributed by atoms with Gasteiger partial charge in [0.1, 0.15) is 0 Å². The van der Waals surface area contributed by atoms with E-state index in [4.69, 9.17) is 21.1 Å². The van der Waals surface area contributed by atoms with Crippen molar-refractivity contribution >= 4 is 17.6 Å². The van der Waals surface area contributed by atoms with Crippen molar-refractivity contribution < 1.29 is 14.3 Å². The lowest BCUT2D eigenvalue weighted by molar-refractivity contribution is -0.146. The minimum absolute atomic E-state index is 0.225. The fourth-order valence-electron chi connectivity index (χ4n) is 2.03. The normalized spacial score (nSPS) is 18.6. The van der Waals surface area contributed by atoms with Gasteiger partial charge >= 0.3 is 5.97 Å². The zero-order valence-electron chi connectivity index (χ0n) is 9.74. The Morgan fingerprint density at radius 1 is 1.59 bits per heavy atom. The van der Waals surface area contributed by atoms with Crippen LogP contribution in [-0.2, 0) is 20.7 Å². The van der Waals surface area contributed by atoms with Crippen LogP contribution in [0.2, 0.25) is 5.02 Å². The van der Waals surface area contributed by atoms with E-state index in [1.165, 1.54) is 5.56 Å². The van der Waals surface area contributed by atoms with E-state index in [2.05, 4.69) is 0 Å². The molecule has 0 saturated heterocycles. The Balaban J connectivity index is 2.16. The summed E-state index contributed by atoms with van der Waals surface area (Å²) < 4.78 is 10.6. The minimum atomic E-state index is -0.231. The van der Waals surface area contributed by atoms with Gasteiger partial charge in [0.25, 0.3) is 0 Å². The van der Waals surface area contributed by atoms with E-state index < -0.39 is 0 Å². The van der Waals surface area contributed by atoms with Crippen LogP contribution in [0.3, 0.4) is 0 Å². The third-order valence-corrected chi connectivity index (χ3v) is 3.04. The highest BCUT2D eigenvalue weighted by Crippen LogP contribution is 2.31. The van der Waals surface area contributed by atoms with Gasteiger partial charge in [0.15, 0.2) is 0 Å². The number of fused-ring (bicyclic) bond motifs is 1. The molecule has 1 atom stereocenters. The maximum Gasteiger partial charge on any atom is 0.308 e. The smallest absolute Gasteiger partial charge is 0.308 e. The fraction of sp³-hybridized carbons (Fsp3) is 0.462. The van der Waals surface area contributed by atoms with Gasteiger partial charge in [-0.2, -0.15) is 0 Å². The van der Waals surface area contributed by atoms with Gasteiger partial charge in [0.05, 0.1) is 25.7 Å². The van der Waals surface area contributed by atoms with Crippen molar-refractivity contribution in [3.63, 3.8) is 0 Å². The molecule has 1 aliphatic heterocycles. The number of carbonyl (C=O) groups is 1. The second-order valence-electron chi connectivity index (χ2n) is 3.96. The Bertz CT molecular complexity index is 417. The van der Waals surface area contributed by atoms with Gasteiger partial charge in [-0.05, 0) is 36.6 Å². The first kappa shape index (κ1) is 12.4.